The first-order chi connectivity index (χ1) is 15.6. The Hall–Kier alpha value is -3.53. The molecule has 0 aliphatic rings. The molecule has 0 saturated heterocycles. The number of pyridine rings is 1. The minimum absolute atomic E-state index is 0.0231. The highest BCUT2D eigenvalue weighted by molar-refractivity contribution is 7.92. The highest BCUT2D eigenvalue weighted by Gasteiger charge is 2.34. The fraction of sp³-hybridized carbons (Fsp3) is 0.261. The Labute approximate surface area is 191 Å². The molecule has 0 radical (unpaired) electrons. The summed E-state index contributed by atoms with van der Waals surface area (Å²) < 4.78 is 52.6. The average Bonchev–Trinajstić information content (AvgIpc) is 3.20. The van der Waals surface area contributed by atoms with E-state index in [2.05, 4.69) is 15.0 Å². The predicted molar refractivity (Wildman–Crippen MR) is 122 cm³/mol. The van der Waals surface area contributed by atoms with Crippen molar-refractivity contribution in [2.24, 2.45) is 0 Å². The van der Waals surface area contributed by atoms with Gasteiger partial charge in [-0.1, -0.05) is 0 Å². The summed E-state index contributed by atoms with van der Waals surface area (Å²) in [6, 6.07) is 4.60. The van der Waals surface area contributed by atoms with Crippen LogP contribution in [-0.4, -0.2) is 46.7 Å². The van der Waals surface area contributed by atoms with Crippen molar-refractivity contribution in [2.75, 3.05) is 14.2 Å². The Morgan fingerprint density at radius 2 is 1.67 bits per heavy atom. The lowest BCUT2D eigenvalue weighted by Crippen LogP contribution is -2.28. The molecule has 3 aromatic heterocycles. The van der Waals surface area contributed by atoms with Crippen LogP contribution >= 0.6 is 0 Å². The van der Waals surface area contributed by atoms with E-state index in [0.29, 0.717) is 28.0 Å². The molecule has 0 fully saturated rings. The summed E-state index contributed by atoms with van der Waals surface area (Å²) in [5.41, 5.74) is 2.46. The second kappa shape index (κ2) is 8.11. The van der Waals surface area contributed by atoms with E-state index >= 15 is 4.39 Å². The van der Waals surface area contributed by atoms with Gasteiger partial charge >= 0.3 is 0 Å². The van der Waals surface area contributed by atoms with Crippen LogP contribution in [0.25, 0.3) is 28.0 Å². The minimum Gasteiger partial charge on any atom is -0.495 e. The van der Waals surface area contributed by atoms with E-state index in [1.54, 1.807) is 55.9 Å². The molecule has 3 heterocycles. The van der Waals surface area contributed by atoms with Crippen molar-refractivity contribution < 1.29 is 22.3 Å². The number of benzene rings is 1. The van der Waals surface area contributed by atoms with E-state index in [-0.39, 0.29) is 16.4 Å². The van der Waals surface area contributed by atoms with Gasteiger partial charge in [0.1, 0.15) is 22.6 Å². The number of fused-ring (bicyclic) bond motifs is 1. The number of nitrogens with zero attached hydrogens (tertiary/aromatic N) is 4. The molecule has 0 aliphatic heterocycles. The molecule has 4 aromatic rings. The number of imidazole rings is 1. The standard InChI is InChI=1S/C23H23FN4O4S/c1-23(2,3)33(29,30)20-12-28-18(11-27-21(28)8-19(20)31-4)14-6-16(15-9-25-13-26-10-15)22(32-5)17(24)7-14/h6-13H,1-5H3. The van der Waals surface area contributed by atoms with Gasteiger partial charge < -0.3 is 9.47 Å². The summed E-state index contributed by atoms with van der Waals surface area (Å²) in [4.78, 5) is 12.4. The second-order valence-electron chi connectivity index (χ2n) is 8.36. The summed E-state index contributed by atoms with van der Waals surface area (Å²) in [7, 11) is -0.950. The van der Waals surface area contributed by atoms with Crippen LogP contribution in [0.4, 0.5) is 4.39 Å². The van der Waals surface area contributed by atoms with Crippen LogP contribution in [0.1, 0.15) is 20.8 Å². The van der Waals surface area contributed by atoms with Crippen LogP contribution in [0, 0.1) is 5.82 Å². The first-order valence-corrected chi connectivity index (χ1v) is 11.5. The number of ether oxygens (including phenoxy) is 2. The molecule has 4 rings (SSSR count). The molecule has 0 spiro atoms. The van der Waals surface area contributed by atoms with Crippen molar-refractivity contribution in [3.8, 4) is 33.9 Å². The van der Waals surface area contributed by atoms with Gasteiger partial charge in [-0.25, -0.2) is 27.8 Å². The summed E-state index contributed by atoms with van der Waals surface area (Å²) in [5.74, 6) is -0.336. The van der Waals surface area contributed by atoms with E-state index < -0.39 is 20.4 Å². The quantitative estimate of drug-likeness (QED) is 0.432. The van der Waals surface area contributed by atoms with Gasteiger partial charge in [0, 0.05) is 41.3 Å². The van der Waals surface area contributed by atoms with Gasteiger partial charge in [-0.2, -0.15) is 0 Å². The van der Waals surface area contributed by atoms with Crippen molar-refractivity contribution >= 4 is 15.5 Å². The van der Waals surface area contributed by atoms with Crippen LogP contribution in [-0.2, 0) is 9.84 Å². The fourth-order valence-electron chi connectivity index (χ4n) is 3.49. The highest BCUT2D eigenvalue weighted by atomic mass is 32.2. The second-order valence-corrected chi connectivity index (χ2v) is 11.0. The van der Waals surface area contributed by atoms with Crippen LogP contribution in [0.5, 0.6) is 11.5 Å². The van der Waals surface area contributed by atoms with E-state index in [1.807, 2.05) is 0 Å². The van der Waals surface area contributed by atoms with Crippen molar-refractivity contribution in [1.29, 1.82) is 0 Å². The molecule has 8 nitrogen and oxygen atoms in total. The Bertz CT molecular complexity index is 1450. The smallest absolute Gasteiger partial charge is 0.188 e. The molecule has 0 unspecified atom stereocenters. The SMILES string of the molecule is COc1cc2ncc(-c3cc(F)c(OC)c(-c4cncnc4)c3)n2cc1S(=O)(=O)C(C)(C)C. The molecule has 0 bridgehead atoms. The van der Waals surface area contributed by atoms with Gasteiger partial charge in [-0.15, -0.1) is 0 Å². The zero-order valence-corrected chi connectivity index (χ0v) is 19.6. The van der Waals surface area contributed by atoms with Crippen molar-refractivity contribution in [3.63, 3.8) is 0 Å². The molecule has 0 amide bonds. The molecular weight excluding hydrogens is 447 g/mol. The number of rotatable bonds is 5. The Morgan fingerprint density at radius 3 is 2.27 bits per heavy atom. The fourth-order valence-corrected chi connectivity index (χ4v) is 4.80. The lowest BCUT2D eigenvalue weighted by Gasteiger charge is -2.21. The van der Waals surface area contributed by atoms with Gasteiger partial charge in [0.05, 0.1) is 30.9 Å². The number of sulfone groups is 1. The molecule has 172 valence electrons. The van der Waals surface area contributed by atoms with Crippen LogP contribution in [0.15, 0.2) is 54.2 Å². The molecule has 1 aromatic carbocycles. The molecule has 0 atom stereocenters. The van der Waals surface area contributed by atoms with Crippen molar-refractivity contribution in [3.05, 3.63) is 55.1 Å². The minimum atomic E-state index is -3.74. The predicted octanol–water partition coefficient (Wildman–Crippen LogP) is 4.19. The Morgan fingerprint density at radius 1 is 0.970 bits per heavy atom. The van der Waals surface area contributed by atoms with E-state index in [4.69, 9.17) is 9.47 Å². The number of aromatic nitrogens is 4. The molecular formula is C23H23FN4O4S. The Kier molecular flexibility index (Phi) is 5.57. The van der Waals surface area contributed by atoms with Gasteiger partial charge in [0.2, 0.25) is 0 Å². The molecule has 33 heavy (non-hydrogen) atoms. The maximum Gasteiger partial charge on any atom is 0.188 e. The van der Waals surface area contributed by atoms with E-state index in [1.165, 1.54) is 32.8 Å². The molecule has 10 heteroatoms. The first-order valence-electron chi connectivity index (χ1n) is 10.0. The van der Waals surface area contributed by atoms with Crippen molar-refractivity contribution in [1.82, 2.24) is 19.4 Å². The number of methoxy groups -OCH3 is 2. The van der Waals surface area contributed by atoms with Gasteiger partial charge in [-0.3, -0.25) is 4.40 Å². The zero-order chi connectivity index (χ0) is 24.0. The first kappa shape index (κ1) is 22.7. The third-order valence-corrected chi connectivity index (χ3v) is 7.80. The maximum absolute atomic E-state index is 15.0. The molecule has 0 aliphatic carbocycles. The maximum atomic E-state index is 15.0. The van der Waals surface area contributed by atoms with Gasteiger partial charge in [-0.05, 0) is 32.9 Å². The number of halogens is 1. The Balaban J connectivity index is 1.98. The summed E-state index contributed by atoms with van der Waals surface area (Å²) in [6.07, 6.45) is 7.51. The molecule has 0 N–H and O–H groups in total. The summed E-state index contributed by atoms with van der Waals surface area (Å²) in [6.45, 7) is 4.86. The van der Waals surface area contributed by atoms with Gasteiger partial charge in [0.15, 0.2) is 21.4 Å². The number of hydrogen-bond donors (Lipinski definition) is 0. The lowest BCUT2D eigenvalue weighted by atomic mass is 10.0. The zero-order valence-electron chi connectivity index (χ0n) is 18.8. The largest absolute Gasteiger partial charge is 0.495 e. The third-order valence-electron chi connectivity index (χ3n) is 5.31. The highest BCUT2D eigenvalue weighted by Crippen LogP contribution is 2.38. The normalized spacial score (nSPS) is 12.2. The topological polar surface area (TPSA) is 95.7 Å². The van der Waals surface area contributed by atoms with Crippen molar-refractivity contribution in [2.45, 2.75) is 30.4 Å². The van der Waals surface area contributed by atoms with Crippen LogP contribution < -0.4 is 9.47 Å². The summed E-state index contributed by atoms with van der Waals surface area (Å²) >= 11 is 0. The monoisotopic (exact) mass is 470 g/mol. The van der Waals surface area contributed by atoms with E-state index in [0.717, 1.165) is 0 Å². The lowest BCUT2D eigenvalue weighted by molar-refractivity contribution is 0.388. The van der Waals surface area contributed by atoms with Gasteiger partial charge in [0.25, 0.3) is 0 Å². The average molecular weight is 471 g/mol. The number of hydrogen-bond acceptors (Lipinski definition) is 7. The van der Waals surface area contributed by atoms with E-state index in [9.17, 15) is 8.42 Å². The molecule has 0 saturated carbocycles. The summed E-state index contributed by atoms with van der Waals surface area (Å²) in [5, 5.41) is 0. The van der Waals surface area contributed by atoms with Crippen LogP contribution in [0.3, 0.4) is 0 Å². The van der Waals surface area contributed by atoms with Crippen LogP contribution in [0.2, 0.25) is 0 Å². The third kappa shape index (κ3) is 3.80.